The summed E-state index contributed by atoms with van der Waals surface area (Å²) in [5.74, 6) is 0.256. The highest BCUT2D eigenvalue weighted by molar-refractivity contribution is 7.92. The number of hydrogen-bond donors (Lipinski definition) is 0. The Balaban J connectivity index is 1.31. The number of ether oxygens (including phenoxy) is 1. The minimum atomic E-state index is -3.59. The van der Waals surface area contributed by atoms with Crippen molar-refractivity contribution in [3.05, 3.63) is 83.7 Å². The number of fused-ring (bicyclic) bond motifs is 1. The van der Waals surface area contributed by atoms with Gasteiger partial charge in [-0.25, -0.2) is 12.8 Å². The summed E-state index contributed by atoms with van der Waals surface area (Å²) in [6, 6.07) is 19.8. The molecule has 1 fully saturated rings. The summed E-state index contributed by atoms with van der Waals surface area (Å²) >= 11 is 0. The molecule has 0 bridgehead atoms. The van der Waals surface area contributed by atoms with Gasteiger partial charge in [-0.3, -0.25) is 9.21 Å². The maximum absolute atomic E-state index is 13.6. The van der Waals surface area contributed by atoms with Crippen LogP contribution in [-0.2, 0) is 16.4 Å². The van der Waals surface area contributed by atoms with Gasteiger partial charge in [-0.15, -0.1) is 0 Å². The number of hydrogen-bond acceptors (Lipinski definition) is 5. The minimum absolute atomic E-state index is 0.202. The molecule has 190 valence electrons. The van der Waals surface area contributed by atoms with Crippen LogP contribution in [0.2, 0.25) is 0 Å². The van der Waals surface area contributed by atoms with Crippen molar-refractivity contribution in [2.24, 2.45) is 0 Å². The Morgan fingerprint density at radius 2 is 1.61 bits per heavy atom. The largest absolute Gasteiger partial charge is 0.494 e. The van der Waals surface area contributed by atoms with Crippen molar-refractivity contribution >= 4 is 21.4 Å². The highest BCUT2D eigenvalue weighted by Gasteiger charge is 2.30. The quantitative estimate of drug-likeness (QED) is 0.475. The lowest BCUT2D eigenvalue weighted by Gasteiger charge is -2.40. The van der Waals surface area contributed by atoms with E-state index in [0.29, 0.717) is 17.2 Å². The topological polar surface area (TPSA) is 53.1 Å². The average Bonchev–Trinajstić information content (AvgIpc) is 2.92. The van der Waals surface area contributed by atoms with Crippen LogP contribution in [0.25, 0.3) is 0 Å². The monoisotopic (exact) mass is 509 g/mol. The van der Waals surface area contributed by atoms with Crippen molar-refractivity contribution in [1.82, 2.24) is 4.90 Å². The number of rotatable bonds is 6. The lowest BCUT2D eigenvalue weighted by Crippen LogP contribution is -2.47. The van der Waals surface area contributed by atoms with Gasteiger partial charge in [-0.2, -0.15) is 0 Å². The first kappa shape index (κ1) is 24.6. The van der Waals surface area contributed by atoms with Crippen molar-refractivity contribution in [2.75, 3.05) is 49.0 Å². The number of anilines is 2. The molecule has 0 saturated carbocycles. The van der Waals surface area contributed by atoms with Crippen LogP contribution in [-0.4, -0.2) is 53.2 Å². The highest BCUT2D eigenvalue weighted by Crippen LogP contribution is 2.35. The molecule has 8 heteroatoms. The number of sulfonamides is 1. The van der Waals surface area contributed by atoms with Crippen LogP contribution < -0.4 is 13.9 Å². The van der Waals surface area contributed by atoms with E-state index in [1.807, 2.05) is 12.1 Å². The zero-order chi connectivity index (χ0) is 25.3. The third-order valence-electron chi connectivity index (χ3n) is 7.34. The van der Waals surface area contributed by atoms with E-state index in [1.165, 1.54) is 17.7 Å². The molecule has 6 nitrogen and oxygen atoms in total. The van der Waals surface area contributed by atoms with Crippen LogP contribution in [0.5, 0.6) is 5.75 Å². The van der Waals surface area contributed by atoms with E-state index < -0.39 is 10.0 Å². The number of halogens is 1. The Kier molecular flexibility index (Phi) is 6.90. The molecule has 0 aromatic heterocycles. The first-order chi connectivity index (χ1) is 17.4. The minimum Gasteiger partial charge on any atom is -0.494 e. The molecule has 0 amide bonds. The van der Waals surface area contributed by atoms with Gasteiger partial charge in [0.15, 0.2) is 0 Å². The van der Waals surface area contributed by atoms with Crippen LogP contribution in [0, 0.1) is 5.82 Å². The van der Waals surface area contributed by atoms with Crippen LogP contribution in [0.4, 0.5) is 15.8 Å². The van der Waals surface area contributed by atoms with Gasteiger partial charge in [0.05, 0.1) is 23.4 Å². The summed E-state index contributed by atoms with van der Waals surface area (Å²) in [7, 11) is -2.02. The number of aryl methyl sites for hydroxylation is 1. The van der Waals surface area contributed by atoms with Crippen LogP contribution in [0.1, 0.15) is 30.5 Å². The van der Waals surface area contributed by atoms with Gasteiger partial charge in [0.1, 0.15) is 11.6 Å². The van der Waals surface area contributed by atoms with Gasteiger partial charge >= 0.3 is 0 Å². The normalized spacial score (nSPS) is 17.5. The van der Waals surface area contributed by atoms with E-state index in [4.69, 9.17) is 4.74 Å². The molecule has 2 heterocycles. The standard InChI is InChI=1S/C28H32FN3O3S/c1-21(30-15-17-31(18-16-30)27-13-11-24(29)20-28(27)35-2)22-10-12-26-23(19-22)7-6-14-32(26)36(33,34)25-8-4-3-5-9-25/h3-5,8-13,19-21H,6-7,14-18H2,1-2H3. The second-order valence-corrected chi connectivity index (χ2v) is 11.3. The second-order valence-electron chi connectivity index (χ2n) is 9.40. The lowest BCUT2D eigenvalue weighted by atomic mass is 9.97. The van der Waals surface area contributed by atoms with Gasteiger partial charge in [0.2, 0.25) is 0 Å². The Hall–Kier alpha value is -3.10. The molecule has 1 unspecified atom stereocenters. The molecule has 0 N–H and O–H groups in total. The molecule has 0 aliphatic carbocycles. The van der Waals surface area contributed by atoms with E-state index in [9.17, 15) is 12.8 Å². The van der Waals surface area contributed by atoms with E-state index >= 15 is 0 Å². The van der Waals surface area contributed by atoms with E-state index in [1.54, 1.807) is 41.7 Å². The van der Waals surface area contributed by atoms with Crippen molar-refractivity contribution in [3.8, 4) is 5.75 Å². The molecular weight excluding hydrogens is 477 g/mol. The van der Waals surface area contributed by atoms with Gasteiger partial charge in [-0.05, 0) is 61.2 Å². The van der Waals surface area contributed by atoms with Gasteiger partial charge in [0, 0.05) is 44.8 Å². The Labute approximate surface area is 213 Å². The third kappa shape index (κ3) is 4.67. The number of piperazine rings is 1. The Bertz CT molecular complexity index is 1330. The van der Waals surface area contributed by atoms with E-state index in [2.05, 4.69) is 28.9 Å². The molecule has 5 rings (SSSR count). The van der Waals surface area contributed by atoms with Crippen molar-refractivity contribution in [3.63, 3.8) is 0 Å². The molecule has 36 heavy (non-hydrogen) atoms. The number of benzene rings is 3. The summed E-state index contributed by atoms with van der Waals surface area (Å²) in [5, 5.41) is 0. The molecule has 1 saturated heterocycles. The highest BCUT2D eigenvalue weighted by atomic mass is 32.2. The number of methoxy groups -OCH3 is 1. The van der Waals surface area contributed by atoms with E-state index in [0.717, 1.165) is 56.0 Å². The molecular formula is C28H32FN3O3S. The van der Waals surface area contributed by atoms with Crippen LogP contribution >= 0.6 is 0 Å². The third-order valence-corrected chi connectivity index (χ3v) is 9.17. The first-order valence-corrected chi connectivity index (χ1v) is 13.9. The predicted octanol–water partition coefficient (Wildman–Crippen LogP) is 4.86. The summed E-state index contributed by atoms with van der Waals surface area (Å²) < 4.78 is 47.2. The maximum Gasteiger partial charge on any atom is 0.264 e. The lowest BCUT2D eigenvalue weighted by molar-refractivity contribution is 0.198. The molecule has 0 spiro atoms. The summed E-state index contributed by atoms with van der Waals surface area (Å²) in [6.07, 6.45) is 1.67. The van der Waals surface area contributed by atoms with Gasteiger partial charge < -0.3 is 9.64 Å². The fraction of sp³-hybridized carbons (Fsp3) is 0.357. The van der Waals surface area contributed by atoms with Gasteiger partial charge in [-0.1, -0.05) is 30.3 Å². The maximum atomic E-state index is 13.6. The second kappa shape index (κ2) is 10.1. The van der Waals surface area contributed by atoms with Crippen molar-refractivity contribution in [2.45, 2.75) is 30.7 Å². The zero-order valence-corrected chi connectivity index (χ0v) is 21.5. The fourth-order valence-electron chi connectivity index (χ4n) is 5.29. The molecule has 1 atom stereocenters. The Morgan fingerprint density at radius 1 is 0.889 bits per heavy atom. The smallest absolute Gasteiger partial charge is 0.264 e. The molecule has 2 aliphatic rings. The van der Waals surface area contributed by atoms with Gasteiger partial charge in [0.25, 0.3) is 10.0 Å². The number of nitrogens with zero attached hydrogens (tertiary/aromatic N) is 3. The fourth-order valence-corrected chi connectivity index (χ4v) is 6.85. The van der Waals surface area contributed by atoms with Crippen molar-refractivity contribution < 1.29 is 17.5 Å². The summed E-state index contributed by atoms with van der Waals surface area (Å²) in [4.78, 5) is 5.00. The summed E-state index contributed by atoms with van der Waals surface area (Å²) in [5.41, 5.74) is 3.98. The molecule has 3 aromatic rings. The van der Waals surface area contributed by atoms with Crippen LogP contribution in [0.15, 0.2) is 71.6 Å². The van der Waals surface area contributed by atoms with Crippen LogP contribution in [0.3, 0.4) is 0 Å². The molecule has 2 aliphatic heterocycles. The SMILES string of the molecule is COc1cc(F)ccc1N1CCN(C(C)c2ccc3c(c2)CCCN3S(=O)(=O)c2ccccc2)CC1. The van der Waals surface area contributed by atoms with E-state index in [-0.39, 0.29) is 11.9 Å². The molecule has 3 aromatic carbocycles. The average molecular weight is 510 g/mol. The zero-order valence-electron chi connectivity index (χ0n) is 20.7. The Morgan fingerprint density at radius 3 is 2.33 bits per heavy atom. The first-order valence-electron chi connectivity index (χ1n) is 12.4. The molecule has 0 radical (unpaired) electrons. The summed E-state index contributed by atoms with van der Waals surface area (Å²) in [6.45, 7) is 6.08. The predicted molar refractivity (Wildman–Crippen MR) is 141 cm³/mol. The van der Waals surface area contributed by atoms with Crippen molar-refractivity contribution in [1.29, 1.82) is 0 Å².